The fourth-order valence-electron chi connectivity index (χ4n) is 2.36. The summed E-state index contributed by atoms with van der Waals surface area (Å²) in [6.07, 6.45) is 0. The molecule has 1 aliphatic rings. The van der Waals surface area contributed by atoms with Crippen molar-refractivity contribution in [2.45, 2.75) is 19.4 Å². The number of carbonyl (C=O) groups excluding carboxylic acids is 1. The third-order valence-corrected chi connectivity index (χ3v) is 3.67. The van der Waals surface area contributed by atoms with Crippen molar-refractivity contribution in [3.05, 3.63) is 34.4 Å². The predicted molar refractivity (Wildman–Crippen MR) is 80.2 cm³/mol. The first-order valence-electron chi connectivity index (χ1n) is 6.88. The van der Waals surface area contributed by atoms with Crippen LogP contribution in [0.15, 0.2) is 24.3 Å². The molecule has 1 amide bonds. The second kappa shape index (κ2) is 6.19. The van der Waals surface area contributed by atoms with Crippen LogP contribution in [0, 0.1) is 10.1 Å². The Morgan fingerprint density at radius 2 is 2.10 bits per heavy atom. The highest BCUT2D eigenvalue weighted by Gasteiger charge is 2.30. The standard InChI is InChI=1S/C14H20N4O3/c1-14(2)10-15-7-8-17(14)9-13(19)16-11-3-5-12(6-4-11)18(20)21/h3-6,15H,7-10H2,1-2H3,(H,16,19). The lowest BCUT2D eigenvalue weighted by molar-refractivity contribution is -0.384. The SMILES string of the molecule is CC1(C)CNCCN1CC(=O)Nc1ccc([N+](=O)[O-])cc1. The number of benzene rings is 1. The molecule has 21 heavy (non-hydrogen) atoms. The van der Waals surface area contributed by atoms with Crippen LogP contribution in [0.25, 0.3) is 0 Å². The summed E-state index contributed by atoms with van der Waals surface area (Å²) >= 11 is 0. The third kappa shape index (κ3) is 3.99. The molecule has 0 bridgehead atoms. The molecule has 0 aromatic heterocycles. The van der Waals surface area contributed by atoms with Gasteiger partial charge in [-0.1, -0.05) is 0 Å². The number of carbonyl (C=O) groups is 1. The van der Waals surface area contributed by atoms with E-state index in [9.17, 15) is 14.9 Å². The number of rotatable bonds is 4. The number of nitrogens with one attached hydrogen (secondary N) is 2. The molecule has 0 atom stereocenters. The number of nitrogens with zero attached hydrogens (tertiary/aromatic N) is 2. The molecule has 0 spiro atoms. The van der Waals surface area contributed by atoms with Crippen molar-refractivity contribution < 1.29 is 9.72 Å². The number of anilines is 1. The quantitative estimate of drug-likeness (QED) is 0.643. The normalized spacial score (nSPS) is 18.2. The van der Waals surface area contributed by atoms with Crippen LogP contribution in [0.3, 0.4) is 0 Å². The van der Waals surface area contributed by atoms with Gasteiger partial charge in [-0.3, -0.25) is 19.8 Å². The number of hydrogen-bond donors (Lipinski definition) is 2. The zero-order valence-corrected chi connectivity index (χ0v) is 12.3. The van der Waals surface area contributed by atoms with E-state index in [1.807, 2.05) is 0 Å². The molecule has 0 unspecified atom stereocenters. The molecule has 7 heteroatoms. The second-order valence-corrected chi connectivity index (χ2v) is 5.76. The molecule has 1 heterocycles. The van der Waals surface area contributed by atoms with E-state index < -0.39 is 4.92 Å². The molecule has 0 radical (unpaired) electrons. The van der Waals surface area contributed by atoms with E-state index in [4.69, 9.17) is 0 Å². The molecule has 1 aliphatic heterocycles. The number of amides is 1. The monoisotopic (exact) mass is 292 g/mol. The summed E-state index contributed by atoms with van der Waals surface area (Å²) in [5.74, 6) is -0.112. The zero-order chi connectivity index (χ0) is 15.5. The first-order chi connectivity index (χ1) is 9.88. The summed E-state index contributed by atoms with van der Waals surface area (Å²) in [5, 5.41) is 16.7. The largest absolute Gasteiger partial charge is 0.325 e. The molecule has 1 aromatic carbocycles. The molecule has 114 valence electrons. The highest BCUT2D eigenvalue weighted by atomic mass is 16.6. The van der Waals surface area contributed by atoms with Gasteiger partial charge in [0.1, 0.15) is 0 Å². The van der Waals surface area contributed by atoms with Crippen molar-refractivity contribution in [1.29, 1.82) is 0 Å². The van der Waals surface area contributed by atoms with Crippen molar-refractivity contribution >= 4 is 17.3 Å². The van der Waals surface area contributed by atoms with Gasteiger partial charge in [-0.15, -0.1) is 0 Å². The number of piperazine rings is 1. The molecular formula is C14H20N4O3. The summed E-state index contributed by atoms with van der Waals surface area (Å²) in [4.78, 5) is 24.3. The van der Waals surface area contributed by atoms with E-state index in [0.29, 0.717) is 12.2 Å². The summed E-state index contributed by atoms with van der Waals surface area (Å²) in [7, 11) is 0. The van der Waals surface area contributed by atoms with Gasteiger partial charge >= 0.3 is 0 Å². The highest BCUT2D eigenvalue weighted by molar-refractivity contribution is 5.92. The van der Waals surface area contributed by atoms with Crippen molar-refractivity contribution in [2.24, 2.45) is 0 Å². The zero-order valence-electron chi connectivity index (χ0n) is 12.3. The van der Waals surface area contributed by atoms with E-state index in [-0.39, 0.29) is 17.1 Å². The van der Waals surface area contributed by atoms with Gasteiger partial charge in [-0.25, -0.2) is 0 Å². The molecule has 2 rings (SSSR count). The van der Waals surface area contributed by atoms with Crippen LogP contribution in [0.2, 0.25) is 0 Å². The Morgan fingerprint density at radius 3 is 2.67 bits per heavy atom. The van der Waals surface area contributed by atoms with Gasteiger partial charge < -0.3 is 10.6 Å². The van der Waals surface area contributed by atoms with Crippen molar-refractivity contribution in [3.63, 3.8) is 0 Å². The minimum absolute atomic E-state index is 0.0104. The average molecular weight is 292 g/mol. The average Bonchev–Trinajstić information content (AvgIpc) is 2.41. The highest BCUT2D eigenvalue weighted by Crippen LogP contribution is 2.17. The van der Waals surface area contributed by atoms with Gasteiger partial charge in [0.25, 0.3) is 5.69 Å². The molecule has 2 N–H and O–H groups in total. The van der Waals surface area contributed by atoms with Crippen LogP contribution in [0.5, 0.6) is 0 Å². The van der Waals surface area contributed by atoms with E-state index in [0.717, 1.165) is 19.6 Å². The van der Waals surface area contributed by atoms with Crippen LogP contribution in [-0.4, -0.2) is 47.4 Å². The second-order valence-electron chi connectivity index (χ2n) is 5.76. The Labute approximate surface area is 123 Å². The fraction of sp³-hybridized carbons (Fsp3) is 0.500. The molecule has 0 saturated carbocycles. The molecule has 1 fully saturated rings. The maximum Gasteiger partial charge on any atom is 0.269 e. The minimum atomic E-state index is -0.463. The van der Waals surface area contributed by atoms with Gasteiger partial charge in [-0.2, -0.15) is 0 Å². The Hall–Kier alpha value is -1.99. The van der Waals surface area contributed by atoms with Gasteiger partial charge in [0.15, 0.2) is 0 Å². The fourth-order valence-corrected chi connectivity index (χ4v) is 2.36. The van der Waals surface area contributed by atoms with Crippen molar-refractivity contribution in [2.75, 3.05) is 31.5 Å². The van der Waals surface area contributed by atoms with Crippen molar-refractivity contribution in [3.8, 4) is 0 Å². The van der Waals surface area contributed by atoms with Crippen LogP contribution >= 0.6 is 0 Å². The van der Waals surface area contributed by atoms with Gasteiger partial charge in [0.05, 0.1) is 11.5 Å². The molecular weight excluding hydrogens is 272 g/mol. The van der Waals surface area contributed by atoms with Crippen LogP contribution in [0.1, 0.15) is 13.8 Å². The van der Waals surface area contributed by atoms with Gasteiger partial charge in [0, 0.05) is 43.0 Å². The number of nitro groups is 1. The van der Waals surface area contributed by atoms with Crippen molar-refractivity contribution in [1.82, 2.24) is 10.2 Å². The summed E-state index contributed by atoms with van der Waals surface area (Å²) in [6, 6.07) is 5.84. The Bertz CT molecular complexity index is 528. The first kappa shape index (κ1) is 15.4. The molecule has 1 aromatic rings. The van der Waals surface area contributed by atoms with E-state index in [1.165, 1.54) is 12.1 Å². The maximum atomic E-state index is 12.1. The van der Waals surface area contributed by atoms with E-state index >= 15 is 0 Å². The summed E-state index contributed by atoms with van der Waals surface area (Å²) in [6.45, 7) is 7.04. The molecule has 0 aliphatic carbocycles. The van der Waals surface area contributed by atoms with Gasteiger partial charge in [-0.05, 0) is 26.0 Å². The lowest BCUT2D eigenvalue weighted by Crippen LogP contribution is -2.59. The smallest absolute Gasteiger partial charge is 0.269 e. The Kier molecular flexibility index (Phi) is 4.54. The Balaban J connectivity index is 1.93. The predicted octanol–water partition coefficient (Wildman–Crippen LogP) is 1.22. The summed E-state index contributed by atoms with van der Waals surface area (Å²) < 4.78 is 0. The van der Waals surface area contributed by atoms with Crippen LogP contribution < -0.4 is 10.6 Å². The maximum absolute atomic E-state index is 12.1. The Morgan fingerprint density at radius 1 is 1.43 bits per heavy atom. The minimum Gasteiger partial charge on any atom is -0.325 e. The topological polar surface area (TPSA) is 87.5 Å². The summed E-state index contributed by atoms with van der Waals surface area (Å²) in [5.41, 5.74) is 0.514. The molecule has 1 saturated heterocycles. The van der Waals surface area contributed by atoms with E-state index in [2.05, 4.69) is 29.4 Å². The van der Waals surface area contributed by atoms with Gasteiger partial charge in [0.2, 0.25) is 5.91 Å². The first-order valence-corrected chi connectivity index (χ1v) is 6.88. The third-order valence-electron chi connectivity index (χ3n) is 3.67. The lowest BCUT2D eigenvalue weighted by atomic mass is 10.0. The lowest BCUT2D eigenvalue weighted by Gasteiger charge is -2.42. The molecule has 7 nitrogen and oxygen atoms in total. The van der Waals surface area contributed by atoms with E-state index in [1.54, 1.807) is 12.1 Å². The number of nitro benzene ring substituents is 1. The number of hydrogen-bond acceptors (Lipinski definition) is 5. The number of non-ortho nitro benzene ring substituents is 1. The van der Waals surface area contributed by atoms with Crippen LogP contribution in [-0.2, 0) is 4.79 Å². The van der Waals surface area contributed by atoms with Crippen LogP contribution in [0.4, 0.5) is 11.4 Å².